The van der Waals surface area contributed by atoms with E-state index in [-0.39, 0.29) is 12.2 Å². The van der Waals surface area contributed by atoms with Crippen LogP contribution in [0, 0.1) is 0 Å². The number of rotatable bonds is 5. The predicted octanol–water partition coefficient (Wildman–Crippen LogP) is 4.34. The number of Topliss-reactive ketones (excluding diaryl/α,β-unsaturated/α-hetero) is 1. The van der Waals surface area contributed by atoms with E-state index >= 15 is 0 Å². The number of carboxylic acid groups (broad SMARTS) is 1. The number of benzene rings is 2. The van der Waals surface area contributed by atoms with Gasteiger partial charge in [-0.25, -0.2) is 0 Å². The van der Waals surface area contributed by atoms with Gasteiger partial charge in [-0.3, -0.25) is 9.59 Å². The molecule has 2 aliphatic carbocycles. The van der Waals surface area contributed by atoms with Crippen molar-refractivity contribution in [3.8, 4) is 5.75 Å². The van der Waals surface area contributed by atoms with Crippen LogP contribution >= 0.6 is 0 Å². The lowest BCUT2D eigenvalue weighted by atomic mass is 9.88. The number of carbonyl (C=O) groups is 2. The van der Waals surface area contributed by atoms with Crippen LogP contribution in [0.15, 0.2) is 48.6 Å². The highest BCUT2D eigenvalue weighted by Gasteiger charge is 2.18. The van der Waals surface area contributed by atoms with Crippen LogP contribution in [0.4, 0.5) is 0 Å². The first-order valence-electron chi connectivity index (χ1n) is 9.58. The maximum atomic E-state index is 11.6. The average molecular weight is 374 g/mol. The Bertz CT molecular complexity index is 1030. The standard InChI is InChI=1S/C24H22O4/c25-22-9-7-19-12-17(5-6-20(19)13-22)16-3-4-18(11-16)21-2-1-15(23(26)14-21)8-10-24(27)28/h1-3,5-6,11-12,14,26H,4,7-10,13H2,(H,27,28). The topological polar surface area (TPSA) is 74.6 Å². The number of ketones is 1. The SMILES string of the molecule is O=C(O)CCc1ccc(C2=CC(c3ccc4c(c3)CCC(=O)C4)=CC2)cc1O. The monoisotopic (exact) mass is 374 g/mol. The number of phenols is 1. The number of aliphatic carboxylic acids is 1. The number of fused-ring (bicyclic) bond motifs is 1. The lowest BCUT2D eigenvalue weighted by Crippen LogP contribution is -2.13. The maximum Gasteiger partial charge on any atom is 0.303 e. The Kier molecular flexibility index (Phi) is 4.86. The molecule has 2 aliphatic rings. The van der Waals surface area contributed by atoms with Crippen molar-refractivity contribution in [2.45, 2.75) is 38.5 Å². The number of carbonyl (C=O) groups excluding carboxylic acids is 1. The third-order valence-corrected chi connectivity index (χ3v) is 5.54. The Labute approximate surface area is 163 Å². The molecule has 2 N–H and O–H groups in total. The summed E-state index contributed by atoms with van der Waals surface area (Å²) >= 11 is 0. The second kappa shape index (κ2) is 7.47. The van der Waals surface area contributed by atoms with Crippen LogP contribution < -0.4 is 0 Å². The Balaban J connectivity index is 1.53. The van der Waals surface area contributed by atoms with E-state index in [9.17, 15) is 14.7 Å². The third-order valence-electron chi connectivity index (χ3n) is 5.54. The first-order chi connectivity index (χ1) is 13.5. The van der Waals surface area contributed by atoms with Gasteiger partial charge in [0.15, 0.2) is 0 Å². The first-order valence-corrected chi connectivity index (χ1v) is 9.58. The fraction of sp³-hybridized carbons (Fsp3) is 0.250. The molecule has 0 saturated carbocycles. The quantitative estimate of drug-likeness (QED) is 0.816. The molecule has 0 atom stereocenters. The van der Waals surface area contributed by atoms with Crippen LogP contribution in [0.1, 0.15) is 47.1 Å². The molecule has 2 aromatic rings. The molecule has 0 saturated heterocycles. The van der Waals surface area contributed by atoms with E-state index in [1.54, 1.807) is 6.07 Å². The third kappa shape index (κ3) is 3.77. The van der Waals surface area contributed by atoms with E-state index in [1.807, 2.05) is 12.1 Å². The second-order valence-corrected chi connectivity index (χ2v) is 7.47. The van der Waals surface area contributed by atoms with E-state index in [0.717, 1.165) is 40.7 Å². The largest absolute Gasteiger partial charge is 0.508 e. The van der Waals surface area contributed by atoms with Crippen molar-refractivity contribution in [3.63, 3.8) is 0 Å². The van der Waals surface area contributed by atoms with E-state index < -0.39 is 5.97 Å². The molecule has 0 heterocycles. The fourth-order valence-corrected chi connectivity index (χ4v) is 3.93. The summed E-state index contributed by atoms with van der Waals surface area (Å²) in [6, 6.07) is 11.8. The van der Waals surface area contributed by atoms with Crippen molar-refractivity contribution in [2.24, 2.45) is 0 Å². The Morgan fingerprint density at radius 1 is 1.00 bits per heavy atom. The van der Waals surface area contributed by atoms with E-state index in [4.69, 9.17) is 5.11 Å². The molecule has 0 aromatic heterocycles. The van der Waals surface area contributed by atoms with Gasteiger partial charge in [0.2, 0.25) is 0 Å². The molecule has 0 aliphatic heterocycles. The molecule has 4 heteroatoms. The minimum Gasteiger partial charge on any atom is -0.508 e. The number of phenolic OH excluding ortho intramolecular Hbond substituents is 1. The summed E-state index contributed by atoms with van der Waals surface area (Å²) in [6.07, 6.45) is 7.43. The van der Waals surface area contributed by atoms with Crippen LogP contribution in [-0.2, 0) is 28.9 Å². The molecular weight excluding hydrogens is 352 g/mol. The van der Waals surface area contributed by atoms with Crippen molar-refractivity contribution in [1.29, 1.82) is 0 Å². The van der Waals surface area contributed by atoms with Gasteiger partial charge >= 0.3 is 5.97 Å². The number of carboxylic acids is 1. The van der Waals surface area contributed by atoms with Gasteiger partial charge in [0.25, 0.3) is 0 Å². The zero-order chi connectivity index (χ0) is 19.7. The first kappa shape index (κ1) is 18.2. The summed E-state index contributed by atoms with van der Waals surface area (Å²) in [7, 11) is 0. The number of allylic oxidation sites excluding steroid dienone is 4. The van der Waals surface area contributed by atoms with Gasteiger partial charge in [-0.1, -0.05) is 42.5 Å². The van der Waals surface area contributed by atoms with Gasteiger partial charge in [-0.05, 0) is 64.3 Å². The van der Waals surface area contributed by atoms with Gasteiger partial charge in [0, 0.05) is 19.3 Å². The van der Waals surface area contributed by atoms with Crippen LogP contribution in [0.3, 0.4) is 0 Å². The lowest BCUT2D eigenvalue weighted by molar-refractivity contribution is -0.137. The summed E-state index contributed by atoms with van der Waals surface area (Å²) in [5.41, 5.74) is 7.45. The van der Waals surface area contributed by atoms with Gasteiger partial charge in [-0.15, -0.1) is 0 Å². The number of hydrogen-bond acceptors (Lipinski definition) is 3. The van der Waals surface area contributed by atoms with Crippen molar-refractivity contribution in [1.82, 2.24) is 0 Å². The molecule has 4 rings (SSSR count). The van der Waals surface area contributed by atoms with Gasteiger partial charge in [0.05, 0.1) is 0 Å². The van der Waals surface area contributed by atoms with Gasteiger partial charge in [0.1, 0.15) is 11.5 Å². The Morgan fingerprint density at radius 2 is 1.82 bits per heavy atom. The number of aromatic hydroxyl groups is 1. The molecular formula is C24H22O4. The van der Waals surface area contributed by atoms with Crippen LogP contribution in [-0.4, -0.2) is 22.0 Å². The molecule has 4 nitrogen and oxygen atoms in total. The highest BCUT2D eigenvalue weighted by molar-refractivity contribution is 5.90. The predicted molar refractivity (Wildman–Crippen MR) is 108 cm³/mol. The zero-order valence-electron chi connectivity index (χ0n) is 15.6. The molecule has 0 spiro atoms. The normalized spacial score (nSPS) is 15.8. The van der Waals surface area contributed by atoms with Crippen molar-refractivity contribution < 1.29 is 19.8 Å². The lowest BCUT2D eigenvalue weighted by Gasteiger charge is -2.16. The van der Waals surface area contributed by atoms with Crippen LogP contribution in [0.5, 0.6) is 5.75 Å². The zero-order valence-corrected chi connectivity index (χ0v) is 15.6. The summed E-state index contributed by atoms with van der Waals surface area (Å²) in [5, 5.41) is 19.0. The van der Waals surface area contributed by atoms with E-state index in [2.05, 4.69) is 30.4 Å². The minimum absolute atomic E-state index is 0.00519. The molecule has 28 heavy (non-hydrogen) atoms. The van der Waals surface area contributed by atoms with Crippen LogP contribution in [0.25, 0.3) is 11.1 Å². The fourth-order valence-electron chi connectivity index (χ4n) is 3.93. The molecule has 0 amide bonds. The maximum absolute atomic E-state index is 11.6. The van der Waals surface area contributed by atoms with Crippen molar-refractivity contribution in [3.05, 3.63) is 76.4 Å². The summed E-state index contributed by atoms with van der Waals surface area (Å²) in [6.45, 7) is 0. The van der Waals surface area contributed by atoms with Crippen molar-refractivity contribution in [2.75, 3.05) is 0 Å². The molecule has 0 radical (unpaired) electrons. The smallest absolute Gasteiger partial charge is 0.303 e. The second-order valence-electron chi connectivity index (χ2n) is 7.47. The Hall–Kier alpha value is -3.14. The highest BCUT2D eigenvalue weighted by atomic mass is 16.4. The van der Waals surface area contributed by atoms with Crippen LogP contribution in [0.2, 0.25) is 0 Å². The highest BCUT2D eigenvalue weighted by Crippen LogP contribution is 2.35. The summed E-state index contributed by atoms with van der Waals surface area (Å²) in [5.74, 6) is -0.411. The molecule has 0 unspecified atom stereocenters. The average Bonchev–Trinajstić information content (AvgIpc) is 3.16. The molecule has 0 fully saturated rings. The molecule has 2 aromatic carbocycles. The minimum atomic E-state index is -0.870. The number of hydrogen-bond donors (Lipinski definition) is 2. The van der Waals surface area contributed by atoms with E-state index in [0.29, 0.717) is 30.6 Å². The molecule has 0 bridgehead atoms. The van der Waals surface area contributed by atoms with Gasteiger partial charge < -0.3 is 10.2 Å². The molecule has 142 valence electrons. The summed E-state index contributed by atoms with van der Waals surface area (Å²) in [4.78, 5) is 22.3. The summed E-state index contributed by atoms with van der Waals surface area (Å²) < 4.78 is 0. The number of aryl methyl sites for hydroxylation is 2. The Morgan fingerprint density at radius 3 is 2.61 bits per heavy atom. The van der Waals surface area contributed by atoms with Gasteiger partial charge in [-0.2, -0.15) is 0 Å². The van der Waals surface area contributed by atoms with E-state index in [1.165, 1.54) is 5.56 Å². The van der Waals surface area contributed by atoms with Crippen molar-refractivity contribution >= 4 is 22.9 Å².